The molecular formula is C20H17F2N3O4S. The number of rotatable bonds is 7. The predicted molar refractivity (Wildman–Crippen MR) is 104 cm³/mol. The highest BCUT2D eigenvalue weighted by atomic mass is 32.2. The number of benzene rings is 2. The van der Waals surface area contributed by atoms with E-state index in [1.54, 1.807) is 0 Å². The molecule has 3 aromatic rings. The summed E-state index contributed by atoms with van der Waals surface area (Å²) < 4.78 is 57.6. The van der Waals surface area contributed by atoms with Gasteiger partial charge in [0.2, 0.25) is 6.10 Å². The van der Waals surface area contributed by atoms with Gasteiger partial charge in [-0.25, -0.2) is 17.2 Å². The minimum absolute atomic E-state index is 0.148. The Bertz CT molecular complexity index is 1160. The van der Waals surface area contributed by atoms with Crippen molar-refractivity contribution in [3.05, 3.63) is 71.9 Å². The van der Waals surface area contributed by atoms with E-state index in [9.17, 15) is 22.0 Å². The lowest BCUT2D eigenvalue weighted by atomic mass is 10.1. The maximum absolute atomic E-state index is 14.1. The summed E-state index contributed by atoms with van der Waals surface area (Å²) in [6.45, 7) is 0. The summed E-state index contributed by atoms with van der Waals surface area (Å²) in [6.07, 6.45) is 1.37. The minimum Gasteiger partial charge on any atom is -0.473 e. The average Bonchev–Trinajstić information content (AvgIpc) is 3.46. The van der Waals surface area contributed by atoms with E-state index in [1.165, 1.54) is 36.5 Å². The van der Waals surface area contributed by atoms with E-state index in [2.05, 4.69) is 15.5 Å². The zero-order valence-electron chi connectivity index (χ0n) is 15.5. The third-order valence-corrected chi connectivity index (χ3v) is 6.89. The van der Waals surface area contributed by atoms with Crippen molar-refractivity contribution >= 4 is 21.6 Å². The van der Waals surface area contributed by atoms with Gasteiger partial charge < -0.3 is 10.1 Å². The van der Waals surface area contributed by atoms with Crippen LogP contribution in [0, 0.1) is 11.6 Å². The Hall–Kier alpha value is -3.27. The number of sulfone groups is 1. The lowest BCUT2D eigenvalue weighted by Crippen LogP contribution is -2.26. The number of hydrogen-bond donors (Lipinski definition) is 2. The average molecular weight is 433 g/mol. The van der Waals surface area contributed by atoms with Crippen LogP contribution in [0.3, 0.4) is 0 Å². The van der Waals surface area contributed by atoms with Crippen molar-refractivity contribution in [2.75, 3.05) is 5.32 Å². The number of carbonyl (C=O) groups excluding carboxylic acids is 1. The largest absolute Gasteiger partial charge is 0.473 e. The van der Waals surface area contributed by atoms with E-state index in [1.807, 2.05) is 0 Å². The maximum atomic E-state index is 14.1. The fourth-order valence-electron chi connectivity index (χ4n) is 2.90. The van der Waals surface area contributed by atoms with Crippen LogP contribution in [-0.2, 0) is 14.6 Å². The Morgan fingerprint density at radius 1 is 1.13 bits per heavy atom. The van der Waals surface area contributed by atoms with Crippen molar-refractivity contribution in [2.45, 2.75) is 29.1 Å². The molecule has 30 heavy (non-hydrogen) atoms. The molecule has 1 aliphatic carbocycles. The first-order chi connectivity index (χ1) is 14.3. The summed E-state index contributed by atoms with van der Waals surface area (Å²) in [5, 5.41) is 8.47. The number of hydrogen-bond acceptors (Lipinski definition) is 5. The molecule has 1 unspecified atom stereocenters. The van der Waals surface area contributed by atoms with E-state index >= 15 is 0 Å². The van der Waals surface area contributed by atoms with Crippen molar-refractivity contribution in [2.24, 2.45) is 0 Å². The summed E-state index contributed by atoms with van der Waals surface area (Å²) in [6, 6.07) is 9.90. The molecule has 7 nitrogen and oxygen atoms in total. The normalized spacial score (nSPS) is 14.9. The van der Waals surface area contributed by atoms with Gasteiger partial charge in [0.1, 0.15) is 11.6 Å². The first kappa shape index (κ1) is 20.0. The molecule has 1 fully saturated rings. The molecule has 1 amide bonds. The van der Waals surface area contributed by atoms with Gasteiger partial charge in [-0.1, -0.05) is 12.1 Å². The van der Waals surface area contributed by atoms with Crippen LogP contribution in [0.1, 0.15) is 24.5 Å². The topological polar surface area (TPSA) is 101 Å². The highest BCUT2D eigenvalue weighted by molar-refractivity contribution is 7.92. The van der Waals surface area contributed by atoms with Gasteiger partial charge in [0, 0.05) is 17.7 Å². The zero-order valence-corrected chi connectivity index (χ0v) is 16.3. The number of nitrogens with one attached hydrogen (secondary N) is 2. The fraction of sp³-hybridized carbons (Fsp3) is 0.200. The SMILES string of the molecule is O=C(Nc1ccn[nH]1)C(Oc1ccc(F)cc1F)c1ccc(S(=O)(=O)C2CC2)cc1. The summed E-state index contributed by atoms with van der Waals surface area (Å²) in [5.74, 6) is -2.44. The van der Waals surface area contributed by atoms with E-state index in [-0.39, 0.29) is 15.9 Å². The Morgan fingerprint density at radius 2 is 1.87 bits per heavy atom. The molecule has 1 atom stereocenters. The Morgan fingerprint density at radius 3 is 2.47 bits per heavy atom. The smallest absolute Gasteiger partial charge is 0.271 e. The van der Waals surface area contributed by atoms with E-state index in [0.29, 0.717) is 30.3 Å². The van der Waals surface area contributed by atoms with Crippen LogP contribution < -0.4 is 10.1 Å². The van der Waals surface area contributed by atoms with Crippen molar-refractivity contribution in [1.82, 2.24) is 10.2 Å². The van der Waals surface area contributed by atoms with Crippen molar-refractivity contribution in [3.8, 4) is 5.75 Å². The van der Waals surface area contributed by atoms with Gasteiger partial charge in [0.05, 0.1) is 16.3 Å². The van der Waals surface area contributed by atoms with Gasteiger partial charge in [-0.05, 0) is 37.1 Å². The quantitative estimate of drug-likeness (QED) is 0.595. The van der Waals surface area contributed by atoms with Gasteiger partial charge >= 0.3 is 0 Å². The van der Waals surface area contributed by atoms with E-state index < -0.39 is 33.5 Å². The number of H-pyrrole nitrogens is 1. The second-order valence-corrected chi connectivity index (χ2v) is 9.07. The van der Waals surface area contributed by atoms with Gasteiger partial charge in [-0.3, -0.25) is 9.89 Å². The van der Waals surface area contributed by atoms with Gasteiger partial charge in [-0.2, -0.15) is 5.10 Å². The molecule has 0 bridgehead atoms. The minimum atomic E-state index is -3.40. The summed E-state index contributed by atoms with van der Waals surface area (Å²) in [5.41, 5.74) is 0.297. The van der Waals surface area contributed by atoms with Crippen LogP contribution in [-0.4, -0.2) is 29.8 Å². The predicted octanol–water partition coefficient (Wildman–Crippen LogP) is 3.38. The molecule has 1 aromatic heterocycles. The van der Waals surface area contributed by atoms with Crippen LogP contribution in [0.4, 0.5) is 14.6 Å². The molecule has 10 heteroatoms. The number of halogens is 2. The summed E-state index contributed by atoms with van der Waals surface area (Å²) >= 11 is 0. The maximum Gasteiger partial charge on any atom is 0.271 e. The number of carbonyl (C=O) groups is 1. The number of amides is 1. The molecule has 1 aliphatic rings. The highest BCUT2D eigenvalue weighted by Crippen LogP contribution is 2.34. The molecule has 2 aromatic carbocycles. The van der Waals surface area contributed by atoms with Crippen LogP contribution in [0.15, 0.2) is 59.6 Å². The molecule has 1 heterocycles. The van der Waals surface area contributed by atoms with Crippen LogP contribution in [0.2, 0.25) is 0 Å². The zero-order chi connectivity index (χ0) is 21.3. The molecule has 156 valence electrons. The molecule has 0 aliphatic heterocycles. The molecule has 0 radical (unpaired) electrons. The lowest BCUT2D eigenvalue weighted by molar-refractivity contribution is -0.123. The molecule has 0 saturated heterocycles. The standard InChI is InChI=1S/C20H17F2N3O4S/c21-13-3-8-17(16(22)11-13)29-19(20(26)24-18-9-10-23-25-18)12-1-4-14(5-2-12)30(27,28)15-6-7-15/h1-5,8-11,15,19H,6-7H2,(H2,23,24,25,26). The number of nitrogens with zero attached hydrogens (tertiary/aromatic N) is 1. The summed E-state index contributed by atoms with van der Waals surface area (Å²) in [4.78, 5) is 12.9. The van der Waals surface area contributed by atoms with Crippen molar-refractivity contribution in [3.63, 3.8) is 0 Å². The Kier molecular flexibility index (Phi) is 5.25. The van der Waals surface area contributed by atoms with Gasteiger partial charge in [0.25, 0.3) is 5.91 Å². The van der Waals surface area contributed by atoms with Crippen molar-refractivity contribution in [1.29, 1.82) is 0 Å². The Balaban J connectivity index is 1.64. The van der Waals surface area contributed by atoms with Crippen LogP contribution in [0.5, 0.6) is 5.75 Å². The second kappa shape index (κ2) is 7.86. The van der Waals surface area contributed by atoms with E-state index in [4.69, 9.17) is 4.74 Å². The highest BCUT2D eigenvalue weighted by Gasteiger charge is 2.37. The molecule has 0 spiro atoms. The number of ether oxygens (including phenoxy) is 1. The fourth-order valence-corrected chi connectivity index (χ4v) is 4.55. The van der Waals surface area contributed by atoms with Gasteiger partial charge in [-0.15, -0.1) is 0 Å². The number of aromatic amines is 1. The third-order valence-electron chi connectivity index (χ3n) is 4.61. The van der Waals surface area contributed by atoms with Gasteiger partial charge in [0.15, 0.2) is 21.4 Å². The molecule has 4 rings (SSSR count). The molecule has 2 N–H and O–H groups in total. The monoisotopic (exact) mass is 433 g/mol. The molecular weight excluding hydrogens is 416 g/mol. The van der Waals surface area contributed by atoms with Crippen LogP contribution in [0.25, 0.3) is 0 Å². The lowest BCUT2D eigenvalue weighted by Gasteiger charge is -2.19. The summed E-state index contributed by atoms with van der Waals surface area (Å²) in [7, 11) is -3.40. The Labute approximate surface area is 171 Å². The van der Waals surface area contributed by atoms with Crippen LogP contribution >= 0.6 is 0 Å². The number of aromatic nitrogens is 2. The second-order valence-electron chi connectivity index (χ2n) is 6.85. The number of anilines is 1. The first-order valence-electron chi connectivity index (χ1n) is 9.10. The van der Waals surface area contributed by atoms with Crippen molar-refractivity contribution < 1.29 is 26.7 Å². The molecule has 1 saturated carbocycles. The third kappa shape index (κ3) is 4.18. The van der Waals surface area contributed by atoms with E-state index in [0.717, 1.165) is 12.1 Å². The first-order valence-corrected chi connectivity index (χ1v) is 10.6.